The number of unbranched alkanes of at least 4 members (excludes halogenated alkanes) is 55. The van der Waals surface area contributed by atoms with Crippen LogP contribution >= 0.6 is 15.6 Å². The zero-order valence-electron chi connectivity index (χ0n) is 69.0. The van der Waals surface area contributed by atoms with Crippen molar-refractivity contribution in [2.75, 3.05) is 39.6 Å². The van der Waals surface area contributed by atoms with Crippen LogP contribution in [0, 0.1) is 11.8 Å². The van der Waals surface area contributed by atoms with E-state index in [2.05, 4.69) is 41.5 Å². The number of hydrogen-bond acceptors (Lipinski definition) is 15. The monoisotopic (exact) mass is 1540 g/mol. The van der Waals surface area contributed by atoms with Crippen LogP contribution < -0.4 is 0 Å². The summed E-state index contributed by atoms with van der Waals surface area (Å²) in [6, 6.07) is 0. The highest BCUT2D eigenvalue weighted by Gasteiger charge is 2.30. The van der Waals surface area contributed by atoms with Gasteiger partial charge in [0.15, 0.2) is 12.2 Å². The van der Waals surface area contributed by atoms with Gasteiger partial charge in [-0.3, -0.25) is 37.3 Å². The SMILES string of the molecule is CCCCCCCCCCCCCCCCCCCCCCCC(=O)O[C@H](COC(=O)CCCCCCCCCCCCCCCCCCC(C)C)COP(=O)(O)OC[C@@H](O)COP(=O)(O)OC[C@@H](COC(=O)CCCCCCCCCC(C)C)OC(=O)CCCCCCCCCCCCCCCCC. The molecule has 0 amide bonds. The zero-order valence-corrected chi connectivity index (χ0v) is 70.8. The van der Waals surface area contributed by atoms with Crippen molar-refractivity contribution in [1.29, 1.82) is 0 Å². The number of aliphatic hydroxyl groups is 1. The Balaban J connectivity index is 5.22. The second-order valence-electron chi connectivity index (χ2n) is 31.9. The summed E-state index contributed by atoms with van der Waals surface area (Å²) in [5, 5.41) is 10.7. The van der Waals surface area contributed by atoms with Crippen molar-refractivity contribution in [3.63, 3.8) is 0 Å². The van der Waals surface area contributed by atoms with Crippen LogP contribution in [0.4, 0.5) is 0 Å². The molecule has 0 saturated carbocycles. The summed E-state index contributed by atoms with van der Waals surface area (Å²) < 4.78 is 68.9. The summed E-state index contributed by atoms with van der Waals surface area (Å²) in [4.78, 5) is 73.2. The van der Waals surface area contributed by atoms with Gasteiger partial charge in [0.25, 0.3) is 0 Å². The van der Waals surface area contributed by atoms with Crippen LogP contribution in [-0.4, -0.2) is 96.7 Å². The number of phosphoric acid groups is 2. The maximum atomic E-state index is 13.1. The van der Waals surface area contributed by atoms with Crippen molar-refractivity contribution in [2.45, 2.75) is 477 Å². The van der Waals surface area contributed by atoms with Crippen LogP contribution in [0.15, 0.2) is 0 Å². The van der Waals surface area contributed by atoms with E-state index in [1.807, 2.05) is 0 Å². The van der Waals surface area contributed by atoms with Gasteiger partial charge < -0.3 is 33.8 Å². The molecular formula is C86H168O17P2. The minimum absolute atomic E-state index is 0.108. The predicted octanol–water partition coefficient (Wildman–Crippen LogP) is 26.2. The van der Waals surface area contributed by atoms with E-state index >= 15 is 0 Å². The van der Waals surface area contributed by atoms with Gasteiger partial charge in [-0.2, -0.15) is 0 Å². The fourth-order valence-corrected chi connectivity index (χ4v) is 15.0. The lowest BCUT2D eigenvalue weighted by molar-refractivity contribution is -0.161. The van der Waals surface area contributed by atoms with Crippen LogP contribution in [0.25, 0.3) is 0 Å². The molecule has 5 atom stereocenters. The molecule has 0 radical (unpaired) electrons. The van der Waals surface area contributed by atoms with Crippen LogP contribution in [0.3, 0.4) is 0 Å². The number of ether oxygens (including phenoxy) is 4. The van der Waals surface area contributed by atoms with Crippen molar-refractivity contribution < 1.29 is 80.2 Å². The predicted molar refractivity (Wildman–Crippen MR) is 432 cm³/mol. The first-order valence-corrected chi connectivity index (χ1v) is 47.5. The lowest BCUT2D eigenvalue weighted by Crippen LogP contribution is -2.30. The van der Waals surface area contributed by atoms with Gasteiger partial charge in [-0.05, 0) is 37.5 Å². The number of phosphoric ester groups is 2. The first-order chi connectivity index (χ1) is 50.9. The van der Waals surface area contributed by atoms with Gasteiger partial charge in [-0.1, -0.05) is 408 Å². The molecule has 19 heteroatoms. The summed E-state index contributed by atoms with van der Waals surface area (Å²) in [5.41, 5.74) is 0. The molecule has 2 unspecified atom stereocenters. The van der Waals surface area contributed by atoms with E-state index in [-0.39, 0.29) is 25.7 Å². The summed E-state index contributed by atoms with van der Waals surface area (Å²) in [6.45, 7) is 9.65. The molecule has 105 heavy (non-hydrogen) atoms. The Morgan fingerprint density at radius 1 is 0.257 bits per heavy atom. The molecule has 0 saturated heterocycles. The smallest absolute Gasteiger partial charge is 0.462 e. The van der Waals surface area contributed by atoms with Crippen molar-refractivity contribution in [2.24, 2.45) is 11.8 Å². The molecule has 0 bridgehead atoms. The fraction of sp³-hybridized carbons (Fsp3) is 0.953. The minimum Gasteiger partial charge on any atom is -0.462 e. The molecule has 0 heterocycles. The highest BCUT2D eigenvalue weighted by atomic mass is 31.2. The van der Waals surface area contributed by atoms with Gasteiger partial charge in [0.1, 0.15) is 19.3 Å². The molecule has 0 rings (SSSR count). The first-order valence-electron chi connectivity index (χ1n) is 44.5. The van der Waals surface area contributed by atoms with Crippen molar-refractivity contribution in [1.82, 2.24) is 0 Å². The minimum atomic E-state index is -4.97. The highest BCUT2D eigenvalue weighted by molar-refractivity contribution is 7.47. The Morgan fingerprint density at radius 3 is 0.648 bits per heavy atom. The number of rotatable bonds is 85. The molecule has 0 aliphatic rings. The molecular weight excluding hydrogens is 1370 g/mol. The van der Waals surface area contributed by atoms with Crippen molar-refractivity contribution >= 4 is 39.5 Å². The van der Waals surface area contributed by atoms with E-state index in [9.17, 15) is 43.2 Å². The van der Waals surface area contributed by atoms with Crippen LogP contribution in [0.5, 0.6) is 0 Å². The largest absolute Gasteiger partial charge is 0.472 e. The highest BCUT2D eigenvalue weighted by Crippen LogP contribution is 2.45. The summed E-state index contributed by atoms with van der Waals surface area (Å²) in [7, 11) is -9.93. The van der Waals surface area contributed by atoms with E-state index in [0.29, 0.717) is 31.6 Å². The van der Waals surface area contributed by atoms with Crippen molar-refractivity contribution in [3.05, 3.63) is 0 Å². The molecule has 0 aromatic carbocycles. The normalized spacial score (nSPS) is 13.8. The lowest BCUT2D eigenvalue weighted by Gasteiger charge is -2.21. The number of carbonyl (C=O) groups is 4. The van der Waals surface area contributed by atoms with Gasteiger partial charge in [-0.25, -0.2) is 9.13 Å². The lowest BCUT2D eigenvalue weighted by atomic mass is 10.0. The third-order valence-corrected chi connectivity index (χ3v) is 22.1. The van der Waals surface area contributed by atoms with Crippen LogP contribution in [-0.2, 0) is 65.4 Å². The van der Waals surface area contributed by atoms with E-state index in [4.69, 9.17) is 37.0 Å². The van der Waals surface area contributed by atoms with Gasteiger partial charge >= 0.3 is 39.5 Å². The zero-order chi connectivity index (χ0) is 77.1. The maximum absolute atomic E-state index is 13.1. The quantitative estimate of drug-likeness (QED) is 0.0222. The third kappa shape index (κ3) is 79.9. The van der Waals surface area contributed by atoms with Gasteiger partial charge in [0.2, 0.25) is 0 Å². The topological polar surface area (TPSA) is 237 Å². The molecule has 0 aliphatic carbocycles. The van der Waals surface area contributed by atoms with E-state index in [1.165, 1.54) is 270 Å². The molecule has 3 N–H and O–H groups in total. The fourth-order valence-electron chi connectivity index (χ4n) is 13.4. The molecule has 17 nitrogen and oxygen atoms in total. The van der Waals surface area contributed by atoms with E-state index in [1.54, 1.807) is 0 Å². The van der Waals surface area contributed by atoms with Gasteiger partial charge in [-0.15, -0.1) is 0 Å². The standard InChI is InChI=1S/C86H168O17P2/c1-7-9-11-13-15-17-19-21-23-24-25-26-27-28-34-38-42-46-52-59-65-71-85(90)102-81(74-96-83(88)68-62-56-50-44-40-36-33-30-29-32-35-39-43-48-54-60-66-78(3)4)76-100-104(92,93)98-72-80(87)73-99-105(94,95)101-77-82(75-97-84(89)69-63-57-53-47-49-55-61-67-79(5)6)103-86(91)70-64-58-51-45-41-37-31-22-20-18-16-14-12-10-8-2/h78-82,87H,7-77H2,1-6H3,(H,92,93)(H,94,95)/t80-,81-,82-/m1/s1. The van der Waals surface area contributed by atoms with E-state index in [0.717, 1.165) is 102 Å². The Kier molecular flexibility index (Phi) is 76.0. The number of hydrogen-bond donors (Lipinski definition) is 3. The third-order valence-electron chi connectivity index (χ3n) is 20.2. The Labute approximate surface area is 645 Å². The summed E-state index contributed by atoms with van der Waals surface area (Å²) in [5.74, 6) is -0.585. The summed E-state index contributed by atoms with van der Waals surface area (Å²) >= 11 is 0. The van der Waals surface area contributed by atoms with Gasteiger partial charge in [0, 0.05) is 25.7 Å². The number of esters is 4. The number of carbonyl (C=O) groups excluding carboxylic acids is 4. The maximum Gasteiger partial charge on any atom is 0.472 e. The molecule has 624 valence electrons. The number of aliphatic hydroxyl groups excluding tert-OH is 1. The molecule has 0 fully saturated rings. The Hall–Kier alpha value is -1.94. The van der Waals surface area contributed by atoms with Crippen LogP contribution in [0.1, 0.15) is 459 Å². The average molecular weight is 1540 g/mol. The van der Waals surface area contributed by atoms with Crippen molar-refractivity contribution in [3.8, 4) is 0 Å². The molecule has 0 aromatic heterocycles. The Bertz CT molecular complexity index is 2010. The first kappa shape index (κ1) is 103. The second kappa shape index (κ2) is 77.4. The van der Waals surface area contributed by atoms with Crippen LogP contribution in [0.2, 0.25) is 0 Å². The average Bonchev–Trinajstić information content (AvgIpc) is 0.966. The molecule has 0 aromatic rings. The molecule has 0 aliphatic heterocycles. The Morgan fingerprint density at radius 2 is 0.438 bits per heavy atom. The molecule has 0 spiro atoms. The van der Waals surface area contributed by atoms with Gasteiger partial charge in [0.05, 0.1) is 26.4 Å². The summed E-state index contributed by atoms with van der Waals surface area (Å²) in [6.07, 6.45) is 69.6. The van der Waals surface area contributed by atoms with E-state index < -0.39 is 97.5 Å². The second-order valence-corrected chi connectivity index (χ2v) is 34.8.